The predicted molar refractivity (Wildman–Crippen MR) is 274 cm³/mol. The van der Waals surface area contributed by atoms with E-state index < -0.39 is 35.6 Å². The molecule has 21 heteroatoms. The Morgan fingerprint density at radius 2 is 1.59 bits per heavy atom. The van der Waals surface area contributed by atoms with Gasteiger partial charge in [-0.25, -0.2) is 4.98 Å². The molecular weight excluding hydrogens is 939 g/mol. The van der Waals surface area contributed by atoms with Crippen molar-refractivity contribution < 1.29 is 43.0 Å². The molecule has 21 nitrogen and oxygen atoms in total. The van der Waals surface area contributed by atoms with Crippen molar-refractivity contribution in [2.75, 3.05) is 101 Å². The average Bonchev–Trinajstić information content (AvgIpc) is 3.62. The molecule has 388 valence electrons. The molecule has 7 rings (SSSR count). The number of carbonyl (C=O) groups excluding carboxylic acids is 6. The molecular formula is C52H65N11O10. The van der Waals surface area contributed by atoms with Crippen molar-refractivity contribution in [1.82, 2.24) is 35.7 Å². The predicted octanol–water partition coefficient (Wildman–Crippen LogP) is 2.99. The molecule has 0 spiro atoms. The highest BCUT2D eigenvalue weighted by molar-refractivity contribution is 6.25. The molecule has 2 aromatic carbocycles. The van der Waals surface area contributed by atoms with Gasteiger partial charge in [0.15, 0.2) is 0 Å². The van der Waals surface area contributed by atoms with Crippen molar-refractivity contribution in [1.29, 1.82) is 5.41 Å². The van der Waals surface area contributed by atoms with Crippen molar-refractivity contribution in [3.05, 3.63) is 104 Å². The monoisotopic (exact) mass is 1000 g/mol. The fourth-order valence-electron chi connectivity index (χ4n) is 8.97. The fraction of sp³-hybridized carbons (Fsp3) is 0.442. The number of aromatic amines is 1. The lowest BCUT2D eigenvalue weighted by atomic mass is 9.97. The van der Waals surface area contributed by atoms with Crippen LogP contribution in [0.5, 0.6) is 0 Å². The minimum absolute atomic E-state index is 0.0406. The molecule has 1 atom stereocenters. The maximum absolute atomic E-state index is 13.7. The van der Waals surface area contributed by atoms with Gasteiger partial charge in [0, 0.05) is 117 Å². The number of benzene rings is 2. The van der Waals surface area contributed by atoms with Crippen molar-refractivity contribution >= 4 is 58.9 Å². The van der Waals surface area contributed by atoms with Gasteiger partial charge >= 0.3 is 0 Å². The molecule has 2 saturated heterocycles. The number of piperidine rings is 1. The maximum Gasteiger partial charge on any atom is 0.264 e. The number of H-pyrrole nitrogens is 1. The number of imide groups is 2. The Bertz CT molecular complexity index is 2740. The van der Waals surface area contributed by atoms with Crippen LogP contribution >= 0.6 is 0 Å². The van der Waals surface area contributed by atoms with E-state index in [1.807, 2.05) is 52.0 Å². The summed E-state index contributed by atoms with van der Waals surface area (Å²) in [6.45, 7) is 14.3. The van der Waals surface area contributed by atoms with Crippen molar-refractivity contribution in [2.45, 2.75) is 65.6 Å². The lowest BCUT2D eigenvalue weighted by Crippen LogP contribution is -2.54. The molecule has 2 aromatic heterocycles. The number of pyridine rings is 2. The topological polar surface area (TPSA) is 270 Å². The van der Waals surface area contributed by atoms with Gasteiger partial charge in [-0.15, -0.1) is 0 Å². The van der Waals surface area contributed by atoms with E-state index >= 15 is 0 Å². The molecule has 0 aliphatic carbocycles. The Labute approximate surface area is 423 Å². The zero-order valence-electron chi connectivity index (χ0n) is 41.8. The van der Waals surface area contributed by atoms with Crippen molar-refractivity contribution in [2.24, 2.45) is 0 Å². The molecule has 0 bridgehead atoms. The van der Waals surface area contributed by atoms with Gasteiger partial charge in [-0.3, -0.25) is 48.7 Å². The Balaban J connectivity index is 0.744. The number of nitrogens with one attached hydrogen (secondary N) is 7. The molecule has 5 heterocycles. The lowest BCUT2D eigenvalue weighted by Gasteiger charge is -2.35. The molecule has 1 unspecified atom stereocenters. The first-order valence-electron chi connectivity index (χ1n) is 24.7. The first-order chi connectivity index (χ1) is 35.2. The van der Waals surface area contributed by atoms with Crippen LogP contribution in [0.1, 0.15) is 86.6 Å². The second-order valence-corrected chi connectivity index (χ2v) is 18.3. The summed E-state index contributed by atoms with van der Waals surface area (Å²) in [5.41, 5.74) is 5.59. The summed E-state index contributed by atoms with van der Waals surface area (Å²) in [6.07, 6.45) is 3.33. The molecule has 3 aliphatic heterocycles. The Kier molecular flexibility index (Phi) is 18.6. The third-order valence-electron chi connectivity index (χ3n) is 12.7. The molecule has 0 saturated carbocycles. The molecule has 6 amide bonds. The number of nitrogens with zero attached hydrogens (tertiary/aromatic N) is 4. The van der Waals surface area contributed by atoms with Gasteiger partial charge in [0.1, 0.15) is 11.9 Å². The summed E-state index contributed by atoms with van der Waals surface area (Å²) >= 11 is 0. The average molecular weight is 1000 g/mol. The number of fused-ring (bicyclic) bond motifs is 1. The first kappa shape index (κ1) is 53.5. The normalized spacial score (nSPS) is 15.9. The van der Waals surface area contributed by atoms with Gasteiger partial charge in [0.2, 0.25) is 17.7 Å². The van der Waals surface area contributed by atoms with Crippen LogP contribution in [0.3, 0.4) is 0 Å². The molecule has 7 N–H and O–H groups in total. The van der Waals surface area contributed by atoms with Crippen LogP contribution in [-0.4, -0.2) is 159 Å². The highest BCUT2D eigenvalue weighted by Crippen LogP contribution is 2.33. The van der Waals surface area contributed by atoms with Crippen LogP contribution in [0.4, 0.5) is 17.2 Å². The number of aromatic nitrogens is 2. The largest absolute Gasteiger partial charge is 0.382 e. The molecule has 4 aromatic rings. The highest BCUT2D eigenvalue weighted by Gasteiger charge is 2.45. The Hall–Kier alpha value is -7.33. The van der Waals surface area contributed by atoms with Crippen molar-refractivity contribution in [3.63, 3.8) is 0 Å². The van der Waals surface area contributed by atoms with E-state index in [-0.39, 0.29) is 61.0 Å². The van der Waals surface area contributed by atoms with Gasteiger partial charge in [-0.2, -0.15) is 0 Å². The lowest BCUT2D eigenvalue weighted by molar-refractivity contribution is -0.136. The van der Waals surface area contributed by atoms with Crippen LogP contribution in [0.2, 0.25) is 0 Å². The number of carbonyl (C=O) groups is 6. The summed E-state index contributed by atoms with van der Waals surface area (Å²) < 4.78 is 16.8. The second kappa shape index (κ2) is 25.4. The summed E-state index contributed by atoms with van der Waals surface area (Å²) in [5.74, 6) is -1.88. The Morgan fingerprint density at radius 1 is 0.849 bits per heavy atom. The molecule has 73 heavy (non-hydrogen) atoms. The number of rotatable bonds is 25. The number of piperazine rings is 1. The van der Waals surface area contributed by atoms with E-state index in [9.17, 15) is 33.6 Å². The first-order valence-corrected chi connectivity index (χ1v) is 24.7. The summed E-state index contributed by atoms with van der Waals surface area (Å²) in [5, 5.41) is 22.8. The zero-order chi connectivity index (χ0) is 52.0. The van der Waals surface area contributed by atoms with Gasteiger partial charge in [-0.05, 0) is 87.7 Å². The summed E-state index contributed by atoms with van der Waals surface area (Å²) in [4.78, 5) is 102. The molecule has 3 aliphatic rings. The van der Waals surface area contributed by atoms with Crippen LogP contribution in [-0.2, 0) is 35.1 Å². The van der Waals surface area contributed by atoms with Gasteiger partial charge < -0.3 is 50.8 Å². The smallest absolute Gasteiger partial charge is 0.264 e. The number of anilines is 3. The van der Waals surface area contributed by atoms with Crippen molar-refractivity contribution in [3.8, 4) is 11.1 Å². The number of ether oxygens (including phenoxy) is 3. The third-order valence-corrected chi connectivity index (χ3v) is 12.7. The van der Waals surface area contributed by atoms with Gasteiger partial charge in [0.25, 0.3) is 23.3 Å². The second-order valence-electron chi connectivity index (χ2n) is 18.3. The van der Waals surface area contributed by atoms with Gasteiger partial charge in [-0.1, -0.05) is 6.07 Å². The summed E-state index contributed by atoms with van der Waals surface area (Å²) in [7, 11) is 0. The highest BCUT2D eigenvalue weighted by atomic mass is 16.5. The van der Waals surface area contributed by atoms with Gasteiger partial charge in [0.05, 0.1) is 56.3 Å². The van der Waals surface area contributed by atoms with E-state index in [2.05, 4.69) is 41.4 Å². The van der Waals surface area contributed by atoms with E-state index in [0.717, 1.165) is 59.3 Å². The van der Waals surface area contributed by atoms with Crippen LogP contribution in [0.25, 0.3) is 11.1 Å². The Morgan fingerprint density at radius 3 is 2.27 bits per heavy atom. The number of hydrogen-bond donors (Lipinski definition) is 7. The number of amides is 6. The fourth-order valence-corrected chi connectivity index (χ4v) is 8.97. The van der Waals surface area contributed by atoms with E-state index in [0.29, 0.717) is 80.7 Å². The van der Waals surface area contributed by atoms with E-state index in [4.69, 9.17) is 24.6 Å². The maximum atomic E-state index is 13.7. The standard InChI is InChI=1S/C52H65N11O10/c1-32(2)58-42-28-36(27-38(39(42)29-53)48(66)57-31-40-33(3)26-34(4)59-49(40)67)35-8-10-44(56-30-35)62-18-16-61(17-19-62)15-13-55-45(64)12-20-71-22-24-73-25-23-72-21-14-54-41-7-5-6-37-47(41)52(70)63(51(37)69)43-9-11-46(65)60-50(43)68/h5-8,10,26-30,32,43,53-54,58H,9,11-25,31H2,1-4H3,(H,55,64)(H,57,66)(H,59,67)(H,60,65,68). The van der Waals surface area contributed by atoms with Crippen LogP contribution in [0, 0.1) is 19.3 Å². The van der Waals surface area contributed by atoms with E-state index in [1.165, 1.54) is 6.21 Å². The summed E-state index contributed by atoms with van der Waals surface area (Å²) in [6, 6.07) is 13.4. The van der Waals surface area contributed by atoms with Crippen LogP contribution < -0.4 is 37.0 Å². The zero-order valence-corrected chi connectivity index (χ0v) is 41.8. The molecule has 0 radical (unpaired) electrons. The van der Waals surface area contributed by atoms with E-state index in [1.54, 1.807) is 30.5 Å². The third kappa shape index (κ3) is 13.8. The molecule has 2 fully saturated rings. The minimum atomic E-state index is -1.03. The quantitative estimate of drug-likeness (QED) is 0.0286. The number of aryl methyl sites for hydroxylation is 2. The minimum Gasteiger partial charge on any atom is -0.382 e. The van der Waals surface area contributed by atoms with Crippen LogP contribution in [0.15, 0.2) is 59.5 Å². The number of hydrogen-bond acceptors (Lipinski definition) is 16. The SMILES string of the molecule is Cc1cc(C)c(CNC(=O)c2cc(-c3ccc(N4CCN(CCNC(=O)CCOCCOCCOCCNc5cccc6c5C(=O)N(C5CCC(=O)NC5=O)C6=O)CC4)nc3)cc(NC(C)C)c2C=N)c(=O)[nH]1.